The molecule has 120 valence electrons. The van der Waals surface area contributed by atoms with Gasteiger partial charge in [0.25, 0.3) is 0 Å². The Bertz CT molecular complexity index is 565. The van der Waals surface area contributed by atoms with E-state index in [9.17, 15) is 9.59 Å². The highest BCUT2D eigenvalue weighted by Crippen LogP contribution is 2.63. The normalized spacial score (nSPS) is 23.5. The lowest BCUT2D eigenvalue weighted by Gasteiger charge is -2.15. The number of amides is 2. The molecule has 4 nitrogen and oxygen atoms in total. The van der Waals surface area contributed by atoms with Gasteiger partial charge in [0.05, 0.1) is 12.0 Å². The van der Waals surface area contributed by atoms with Crippen LogP contribution in [0.25, 0.3) is 0 Å². The first-order chi connectivity index (χ1) is 10.2. The fraction of sp³-hybridized carbons (Fsp3) is 0.467. The molecule has 0 spiro atoms. The number of alkyl halides is 3. The lowest BCUT2D eigenvalue weighted by Crippen LogP contribution is -2.43. The molecular weight excluding hydrogens is 347 g/mol. The molecule has 1 aromatic carbocycles. The molecular formula is C15H17Cl3N2O2. The smallest absolute Gasteiger partial charge is 0.240 e. The van der Waals surface area contributed by atoms with E-state index < -0.39 is 15.2 Å². The number of hydrogen-bond acceptors (Lipinski definition) is 2. The molecule has 2 atom stereocenters. The molecule has 1 saturated carbocycles. The minimum absolute atomic E-state index is 0.156. The summed E-state index contributed by atoms with van der Waals surface area (Å²) < 4.78 is -1.05. The van der Waals surface area contributed by atoms with Crippen LogP contribution < -0.4 is 10.6 Å². The first-order valence-corrected chi connectivity index (χ1v) is 8.07. The van der Waals surface area contributed by atoms with Gasteiger partial charge in [0, 0.05) is 6.42 Å². The number of hydrogen-bond donors (Lipinski definition) is 2. The van der Waals surface area contributed by atoms with Crippen LogP contribution in [0.1, 0.15) is 18.9 Å². The number of halogens is 3. The molecule has 0 saturated heterocycles. The molecule has 1 aliphatic rings. The summed E-state index contributed by atoms with van der Waals surface area (Å²) in [7, 11) is 0. The fourth-order valence-electron chi connectivity index (χ4n) is 2.10. The van der Waals surface area contributed by atoms with Gasteiger partial charge in [-0.2, -0.15) is 0 Å². The van der Waals surface area contributed by atoms with Crippen molar-refractivity contribution in [2.45, 2.75) is 29.6 Å². The van der Waals surface area contributed by atoms with E-state index in [1.165, 1.54) is 0 Å². The quantitative estimate of drug-likeness (QED) is 0.603. The lowest BCUT2D eigenvalue weighted by molar-refractivity contribution is -0.129. The van der Waals surface area contributed by atoms with Crippen molar-refractivity contribution in [1.29, 1.82) is 0 Å². The van der Waals surface area contributed by atoms with Gasteiger partial charge in [-0.05, 0) is 18.9 Å². The van der Waals surface area contributed by atoms with Crippen LogP contribution in [0.2, 0.25) is 0 Å². The first kappa shape index (κ1) is 17.4. The Morgan fingerprint density at radius 1 is 1.27 bits per heavy atom. The van der Waals surface area contributed by atoms with Crippen molar-refractivity contribution in [3.8, 4) is 0 Å². The molecule has 0 radical (unpaired) electrons. The van der Waals surface area contributed by atoms with Crippen molar-refractivity contribution in [2.75, 3.05) is 6.54 Å². The summed E-state index contributed by atoms with van der Waals surface area (Å²) in [6.45, 7) is 1.51. The van der Waals surface area contributed by atoms with Gasteiger partial charge in [-0.15, -0.1) is 23.2 Å². The summed E-state index contributed by atoms with van der Waals surface area (Å²) in [6, 6.07) is 9.58. The lowest BCUT2D eigenvalue weighted by atomic mass is 10.1. The number of benzene rings is 1. The third-order valence-electron chi connectivity index (χ3n) is 3.74. The van der Waals surface area contributed by atoms with Gasteiger partial charge in [-0.25, -0.2) is 0 Å². The highest BCUT2D eigenvalue weighted by atomic mass is 35.5. The van der Waals surface area contributed by atoms with Gasteiger partial charge < -0.3 is 10.6 Å². The third-order valence-corrected chi connectivity index (χ3v) is 5.11. The van der Waals surface area contributed by atoms with E-state index in [-0.39, 0.29) is 18.4 Å². The summed E-state index contributed by atoms with van der Waals surface area (Å²) in [4.78, 5) is 23.7. The number of rotatable bonds is 6. The Morgan fingerprint density at radius 2 is 1.86 bits per heavy atom. The maximum atomic E-state index is 11.9. The molecule has 2 N–H and O–H groups in total. The zero-order valence-corrected chi connectivity index (χ0v) is 14.3. The molecule has 2 rings (SSSR count). The first-order valence-electron chi connectivity index (χ1n) is 6.88. The Labute approximate surface area is 144 Å². The maximum Gasteiger partial charge on any atom is 0.240 e. The minimum atomic E-state index is -1.05. The largest absolute Gasteiger partial charge is 0.346 e. The van der Waals surface area contributed by atoms with Crippen molar-refractivity contribution in [2.24, 2.45) is 5.41 Å². The SMILES string of the molecule is CC1(C(=O)NCC(=O)NC(Cl)Cc2ccccc2)CC1(Cl)Cl. The molecule has 1 fully saturated rings. The zero-order chi connectivity index (χ0) is 16.4. The van der Waals surface area contributed by atoms with Crippen LogP contribution in [0.3, 0.4) is 0 Å². The molecule has 2 unspecified atom stereocenters. The molecule has 0 aliphatic heterocycles. The van der Waals surface area contributed by atoms with Crippen LogP contribution in [-0.4, -0.2) is 28.2 Å². The van der Waals surface area contributed by atoms with Crippen molar-refractivity contribution >= 4 is 46.6 Å². The van der Waals surface area contributed by atoms with Crippen LogP contribution in [-0.2, 0) is 16.0 Å². The summed E-state index contributed by atoms with van der Waals surface area (Å²) in [5.74, 6) is -0.690. The van der Waals surface area contributed by atoms with E-state index in [1.807, 2.05) is 30.3 Å². The third kappa shape index (κ3) is 4.06. The summed E-state index contributed by atoms with van der Waals surface area (Å²) >= 11 is 17.9. The minimum Gasteiger partial charge on any atom is -0.346 e. The van der Waals surface area contributed by atoms with Crippen LogP contribution in [0, 0.1) is 5.41 Å². The molecule has 0 bridgehead atoms. The van der Waals surface area contributed by atoms with Crippen molar-refractivity contribution in [3.05, 3.63) is 35.9 Å². The zero-order valence-electron chi connectivity index (χ0n) is 12.0. The molecule has 0 aromatic heterocycles. The van der Waals surface area contributed by atoms with E-state index in [2.05, 4.69) is 10.6 Å². The maximum absolute atomic E-state index is 11.9. The second-order valence-electron chi connectivity index (χ2n) is 5.62. The van der Waals surface area contributed by atoms with Gasteiger partial charge in [0.2, 0.25) is 11.8 Å². The molecule has 0 heterocycles. The molecule has 1 aliphatic carbocycles. The highest BCUT2D eigenvalue weighted by Gasteiger charge is 2.67. The second kappa shape index (κ2) is 6.65. The monoisotopic (exact) mass is 362 g/mol. The van der Waals surface area contributed by atoms with E-state index in [4.69, 9.17) is 34.8 Å². The van der Waals surface area contributed by atoms with Gasteiger partial charge in [0.1, 0.15) is 9.83 Å². The fourth-order valence-corrected chi connectivity index (χ4v) is 3.11. The number of carbonyl (C=O) groups excluding carboxylic acids is 2. The topological polar surface area (TPSA) is 58.2 Å². The average Bonchev–Trinajstić information content (AvgIpc) is 2.97. The standard InChI is InChI=1S/C15H17Cl3N2O2/c1-14(9-15(14,17)18)13(22)19-8-12(21)20-11(16)7-10-5-3-2-4-6-10/h2-6,11H,7-9H2,1H3,(H,19,22)(H,20,21). The second-order valence-corrected chi connectivity index (χ2v) is 7.63. The molecule has 22 heavy (non-hydrogen) atoms. The Kier molecular flexibility index (Phi) is 5.25. The van der Waals surface area contributed by atoms with E-state index in [0.29, 0.717) is 12.8 Å². The van der Waals surface area contributed by atoms with Crippen molar-refractivity contribution in [3.63, 3.8) is 0 Å². The number of nitrogens with one attached hydrogen (secondary N) is 2. The average molecular weight is 364 g/mol. The van der Waals surface area contributed by atoms with E-state index >= 15 is 0 Å². The predicted octanol–water partition coefficient (Wildman–Crippen LogP) is 2.61. The van der Waals surface area contributed by atoms with Gasteiger partial charge in [-0.3, -0.25) is 9.59 Å². The van der Waals surface area contributed by atoms with Crippen LogP contribution >= 0.6 is 34.8 Å². The van der Waals surface area contributed by atoms with Crippen LogP contribution in [0.15, 0.2) is 30.3 Å². The Morgan fingerprint density at radius 3 is 2.41 bits per heavy atom. The highest BCUT2D eigenvalue weighted by molar-refractivity contribution is 6.53. The number of carbonyl (C=O) groups is 2. The van der Waals surface area contributed by atoms with Crippen molar-refractivity contribution < 1.29 is 9.59 Å². The summed E-state index contributed by atoms with van der Waals surface area (Å²) in [6.07, 6.45) is 0.884. The summed E-state index contributed by atoms with van der Waals surface area (Å²) in [5, 5.41) is 5.15. The Balaban J connectivity index is 1.73. The van der Waals surface area contributed by atoms with Crippen LogP contribution in [0.4, 0.5) is 0 Å². The molecule has 7 heteroatoms. The van der Waals surface area contributed by atoms with Crippen molar-refractivity contribution in [1.82, 2.24) is 10.6 Å². The van der Waals surface area contributed by atoms with Gasteiger partial charge >= 0.3 is 0 Å². The molecule has 1 aromatic rings. The van der Waals surface area contributed by atoms with E-state index in [0.717, 1.165) is 5.56 Å². The summed E-state index contributed by atoms with van der Waals surface area (Å²) in [5.41, 5.74) is -0.351. The van der Waals surface area contributed by atoms with E-state index in [1.54, 1.807) is 6.92 Å². The van der Waals surface area contributed by atoms with Crippen LogP contribution in [0.5, 0.6) is 0 Å². The molecule has 2 amide bonds. The van der Waals surface area contributed by atoms with Gasteiger partial charge in [-0.1, -0.05) is 41.9 Å². The Hall–Kier alpha value is -0.970. The predicted molar refractivity (Wildman–Crippen MR) is 88.1 cm³/mol. The van der Waals surface area contributed by atoms with Gasteiger partial charge in [0.15, 0.2) is 0 Å².